The predicted molar refractivity (Wildman–Crippen MR) is 112 cm³/mol. The molecule has 27 heavy (non-hydrogen) atoms. The van der Waals surface area contributed by atoms with Crippen LogP contribution in [0.2, 0.25) is 0 Å². The van der Waals surface area contributed by atoms with Crippen LogP contribution in [0.15, 0.2) is 53.5 Å². The van der Waals surface area contributed by atoms with E-state index in [-0.39, 0.29) is 6.04 Å². The molecule has 1 aliphatic rings. The van der Waals surface area contributed by atoms with Gasteiger partial charge in [-0.3, -0.25) is 9.89 Å². The van der Waals surface area contributed by atoms with E-state index in [1.54, 1.807) is 7.11 Å². The molecule has 3 N–H and O–H groups in total. The van der Waals surface area contributed by atoms with Crippen molar-refractivity contribution in [2.45, 2.75) is 32.2 Å². The highest BCUT2D eigenvalue weighted by Gasteiger charge is 2.25. The van der Waals surface area contributed by atoms with E-state index < -0.39 is 0 Å². The van der Waals surface area contributed by atoms with E-state index in [4.69, 9.17) is 10.5 Å². The number of anilines is 1. The molecule has 0 spiro atoms. The van der Waals surface area contributed by atoms with Crippen molar-refractivity contribution in [2.75, 3.05) is 32.1 Å². The highest BCUT2D eigenvalue weighted by molar-refractivity contribution is 5.92. The van der Waals surface area contributed by atoms with E-state index in [0.717, 1.165) is 30.9 Å². The van der Waals surface area contributed by atoms with Gasteiger partial charge in [0.15, 0.2) is 5.96 Å². The predicted octanol–water partition coefficient (Wildman–Crippen LogP) is 3.82. The summed E-state index contributed by atoms with van der Waals surface area (Å²) in [5.41, 5.74) is 9.61. The Balaban J connectivity index is 1.76. The van der Waals surface area contributed by atoms with E-state index >= 15 is 0 Å². The van der Waals surface area contributed by atoms with Gasteiger partial charge < -0.3 is 15.8 Å². The van der Waals surface area contributed by atoms with Crippen molar-refractivity contribution in [3.8, 4) is 5.75 Å². The van der Waals surface area contributed by atoms with Gasteiger partial charge in [-0.05, 0) is 56.1 Å². The minimum absolute atomic E-state index is 0.172. The molecule has 0 bridgehead atoms. The second-order valence-corrected chi connectivity index (χ2v) is 6.91. The van der Waals surface area contributed by atoms with Crippen molar-refractivity contribution in [3.63, 3.8) is 0 Å². The molecule has 0 saturated carbocycles. The molecule has 0 radical (unpaired) electrons. The van der Waals surface area contributed by atoms with Gasteiger partial charge in [0.1, 0.15) is 5.75 Å². The normalized spacial score (nSPS) is 16.3. The van der Waals surface area contributed by atoms with Gasteiger partial charge in [-0.1, -0.05) is 37.3 Å². The molecule has 5 nitrogen and oxygen atoms in total. The number of ether oxygens (including phenoxy) is 1. The first-order valence-corrected chi connectivity index (χ1v) is 9.74. The van der Waals surface area contributed by atoms with Gasteiger partial charge >= 0.3 is 0 Å². The molecule has 2 aromatic rings. The summed E-state index contributed by atoms with van der Waals surface area (Å²) in [5.74, 6) is 1.36. The standard InChI is InChI=1S/C22H30N4O/c1-3-17-9-8-10-18(15-17)25-22(23)24-16-20(26-13-6-7-14-26)19-11-4-5-12-21(19)27-2/h4-5,8-12,15,20H,3,6-7,13-14,16H2,1-2H3,(H3,23,24,25). The lowest BCUT2D eigenvalue weighted by molar-refractivity contribution is 0.245. The van der Waals surface area contributed by atoms with Crippen LogP contribution in [0.25, 0.3) is 0 Å². The van der Waals surface area contributed by atoms with Gasteiger partial charge in [0.25, 0.3) is 0 Å². The highest BCUT2D eigenvalue weighted by atomic mass is 16.5. The first-order chi connectivity index (χ1) is 13.2. The molecule has 1 aliphatic heterocycles. The molecule has 144 valence electrons. The van der Waals surface area contributed by atoms with E-state index in [9.17, 15) is 0 Å². The SMILES string of the molecule is CCc1cccc(NC(N)=NCC(c2ccccc2OC)N2CCCC2)c1. The van der Waals surface area contributed by atoms with Gasteiger partial charge in [-0.25, -0.2) is 0 Å². The highest BCUT2D eigenvalue weighted by Crippen LogP contribution is 2.31. The molecule has 1 fully saturated rings. The van der Waals surface area contributed by atoms with E-state index in [2.05, 4.69) is 46.4 Å². The maximum Gasteiger partial charge on any atom is 0.193 e. The summed E-state index contributed by atoms with van der Waals surface area (Å²) in [4.78, 5) is 7.14. The summed E-state index contributed by atoms with van der Waals surface area (Å²) >= 11 is 0. The summed E-state index contributed by atoms with van der Waals surface area (Å²) in [6.07, 6.45) is 3.46. The molecule has 3 rings (SSSR count). The summed E-state index contributed by atoms with van der Waals surface area (Å²) in [5, 5.41) is 3.22. The number of hydrogen-bond donors (Lipinski definition) is 2. The van der Waals surface area contributed by atoms with Crippen LogP contribution in [0.5, 0.6) is 5.75 Å². The molecule has 0 amide bonds. The lowest BCUT2D eigenvalue weighted by atomic mass is 10.0. The molecule has 0 aromatic heterocycles. The molecule has 2 aromatic carbocycles. The largest absolute Gasteiger partial charge is 0.496 e. The van der Waals surface area contributed by atoms with Gasteiger partial charge in [0.05, 0.1) is 19.7 Å². The second-order valence-electron chi connectivity index (χ2n) is 6.91. The van der Waals surface area contributed by atoms with E-state index in [1.807, 2.05) is 24.3 Å². The van der Waals surface area contributed by atoms with Crippen molar-refractivity contribution in [1.82, 2.24) is 4.90 Å². The number of guanidine groups is 1. The van der Waals surface area contributed by atoms with Crippen LogP contribution in [0.1, 0.15) is 36.9 Å². The Hall–Kier alpha value is -2.53. The third-order valence-corrected chi connectivity index (χ3v) is 5.12. The molecule has 1 heterocycles. The fraction of sp³-hybridized carbons (Fsp3) is 0.409. The Morgan fingerprint density at radius 3 is 2.70 bits per heavy atom. The number of benzene rings is 2. The smallest absolute Gasteiger partial charge is 0.193 e. The maximum absolute atomic E-state index is 6.18. The first kappa shape index (κ1) is 19.2. The number of nitrogens with zero attached hydrogens (tertiary/aromatic N) is 2. The number of rotatable bonds is 7. The van der Waals surface area contributed by atoms with Crippen LogP contribution >= 0.6 is 0 Å². The molecule has 1 atom stereocenters. The second kappa shape index (κ2) is 9.42. The Bertz CT molecular complexity index is 768. The van der Waals surface area contributed by atoms with Gasteiger partial charge in [-0.2, -0.15) is 0 Å². The molecule has 1 unspecified atom stereocenters. The van der Waals surface area contributed by atoms with E-state index in [0.29, 0.717) is 12.5 Å². The van der Waals surface area contributed by atoms with Crippen LogP contribution in [-0.2, 0) is 6.42 Å². The zero-order valence-corrected chi connectivity index (χ0v) is 16.3. The third-order valence-electron chi connectivity index (χ3n) is 5.12. The number of para-hydroxylation sites is 1. The zero-order chi connectivity index (χ0) is 19.1. The number of aryl methyl sites for hydroxylation is 1. The number of aliphatic imine (C=N–C) groups is 1. The summed E-state index contributed by atoms with van der Waals surface area (Å²) in [7, 11) is 1.72. The van der Waals surface area contributed by atoms with Crippen LogP contribution < -0.4 is 15.8 Å². The summed E-state index contributed by atoms with van der Waals surface area (Å²) in [6, 6.07) is 16.7. The van der Waals surface area contributed by atoms with Crippen molar-refractivity contribution in [2.24, 2.45) is 10.7 Å². The van der Waals surface area contributed by atoms with Gasteiger partial charge in [0.2, 0.25) is 0 Å². The summed E-state index contributed by atoms with van der Waals surface area (Å²) in [6.45, 7) is 4.92. The van der Waals surface area contributed by atoms with Gasteiger partial charge in [0, 0.05) is 11.3 Å². The number of nitrogens with two attached hydrogens (primary N) is 1. The maximum atomic E-state index is 6.18. The molecule has 0 aliphatic carbocycles. The Morgan fingerprint density at radius 2 is 1.96 bits per heavy atom. The Labute approximate surface area is 162 Å². The Morgan fingerprint density at radius 1 is 1.19 bits per heavy atom. The molecular weight excluding hydrogens is 336 g/mol. The monoisotopic (exact) mass is 366 g/mol. The third kappa shape index (κ3) is 5.01. The Kier molecular flexibility index (Phi) is 6.71. The average Bonchev–Trinajstić information content (AvgIpc) is 3.23. The number of nitrogens with one attached hydrogen (secondary N) is 1. The number of likely N-dealkylation sites (tertiary alicyclic amines) is 1. The van der Waals surface area contributed by atoms with Crippen molar-refractivity contribution in [1.29, 1.82) is 0 Å². The fourth-order valence-electron chi connectivity index (χ4n) is 3.65. The fourth-order valence-corrected chi connectivity index (χ4v) is 3.65. The number of methoxy groups -OCH3 is 1. The molecule has 5 heteroatoms. The van der Waals surface area contributed by atoms with Crippen molar-refractivity contribution < 1.29 is 4.74 Å². The van der Waals surface area contributed by atoms with Gasteiger partial charge in [-0.15, -0.1) is 0 Å². The summed E-state index contributed by atoms with van der Waals surface area (Å²) < 4.78 is 5.59. The number of hydrogen-bond acceptors (Lipinski definition) is 3. The van der Waals surface area contributed by atoms with Crippen LogP contribution in [0.3, 0.4) is 0 Å². The lowest BCUT2D eigenvalue weighted by Gasteiger charge is -2.28. The van der Waals surface area contributed by atoms with Crippen LogP contribution in [0, 0.1) is 0 Å². The topological polar surface area (TPSA) is 62.9 Å². The quantitative estimate of drug-likeness (QED) is 0.578. The molecular formula is C22H30N4O. The van der Waals surface area contributed by atoms with E-state index in [1.165, 1.54) is 24.0 Å². The van der Waals surface area contributed by atoms with Crippen LogP contribution in [-0.4, -0.2) is 37.6 Å². The van der Waals surface area contributed by atoms with Crippen molar-refractivity contribution in [3.05, 3.63) is 59.7 Å². The minimum Gasteiger partial charge on any atom is -0.496 e. The first-order valence-electron chi connectivity index (χ1n) is 9.74. The lowest BCUT2D eigenvalue weighted by Crippen LogP contribution is -2.30. The zero-order valence-electron chi connectivity index (χ0n) is 16.3. The van der Waals surface area contributed by atoms with Crippen LogP contribution in [0.4, 0.5) is 5.69 Å². The minimum atomic E-state index is 0.172. The molecule has 1 saturated heterocycles. The average molecular weight is 367 g/mol. The van der Waals surface area contributed by atoms with Crippen molar-refractivity contribution >= 4 is 11.6 Å².